The molecule has 2 N–H and O–H groups in total. The lowest BCUT2D eigenvalue weighted by molar-refractivity contribution is -0.100. The summed E-state index contributed by atoms with van der Waals surface area (Å²) < 4.78 is 5.10. The number of para-hydroxylation sites is 1. The molecule has 0 saturated carbocycles. The summed E-state index contributed by atoms with van der Waals surface area (Å²) in [6.07, 6.45) is 3.53. The summed E-state index contributed by atoms with van der Waals surface area (Å²) in [4.78, 5) is 5.45. The van der Waals surface area contributed by atoms with Crippen LogP contribution in [-0.2, 0) is 15.2 Å². The monoisotopic (exact) mass is 312 g/mol. The highest BCUT2D eigenvalue weighted by Crippen LogP contribution is 2.46. The minimum absolute atomic E-state index is 0.276. The molecule has 23 heavy (non-hydrogen) atoms. The molecule has 0 spiro atoms. The summed E-state index contributed by atoms with van der Waals surface area (Å²) in [5, 5.41) is 18.4. The Hall–Kier alpha value is -2.53. The van der Waals surface area contributed by atoms with Crippen molar-refractivity contribution in [3.8, 4) is 0 Å². The van der Waals surface area contributed by atoms with E-state index in [0.717, 1.165) is 22.4 Å². The van der Waals surface area contributed by atoms with E-state index in [2.05, 4.69) is 23.6 Å². The van der Waals surface area contributed by atoms with E-state index in [0.29, 0.717) is 11.5 Å². The lowest BCUT2D eigenvalue weighted by Crippen LogP contribution is -2.45. The van der Waals surface area contributed by atoms with Gasteiger partial charge in [-0.05, 0) is 12.5 Å². The van der Waals surface area contributed by atoms with Crippen LogP contribution in [0.4, 0.5) is 5.69 Å². The van der Waals surface area contributed by atoms with E-state index < -0.39 is 11.8 Å². The van der Waals surface area contributed by atoms with Gasteiger partial charge in [0.2, 0.25) is 6.23 Å². The van der Waals surface area contributed by atoms with Gasteiger partial charge in [-0.1, -0.05) is 54.2 Å². The SMILES string of the molecule is C=C(C)C=Cc1cccc2c1NC1ON=C(C(=C)OC)CC21O. The molecule has 2 atom stereocenters. The Balaban J connectivity index is 1.99. The number of aliphatic hydroxyl groups is 1. The van der Waals surface area contributed by atoms with Gasteiger partial charge in [0.25, 0.3) is 0 Å². The van der Waals surface area contributed by atoms with E-state index in [1.54, 1.807) is 0 Å². The number of hydrogen-bond acceptors (Lipinski definition) is 5. The van der Waals surface area contributed by atoms with Gasteiger partial charge < -0.3 is 20.0 Å². The third-order valence-corrected chi connectivity index (χ3v) is 4.09. The van der Waals surface area contributed by atoms with Gasteiger partial charge in [-0.3, -0.25) is 0 Å². The molecule has 0 aromatic heterocycles. The van der Waals surface area contributed by atoms with Crippen molar-refractivity contribution in [1.82, 2.24) is 0 Å². The van der Waals surface area contributed by atoms with Crippen molar-refractivity contribution in [3.05, 3.63) is 59.9 Å². The molecular weight excluding hydrogens is 292 g/mol. The molecule has 2 unspecified atom stereocenters. The first kappa shape index (κ1) is 15.4. The molecule has 5 heteroatoms. The smallest absolute Gasteiger partial charge is 0.231 e. The van der Waals surface area contributed by atoms with Gasteiger partial charge in [0.15, 0.2) is 5.60 Å². The van der Waals surface area contributed by atoms with Crippen LogP contribution in [0.3, 0.4) is 0 Å². The molecule has 2 aliphatic rings. The zero-order chi connectivity index (χ0) is 16.6. The van der Waals surface area contributed by atoms with Crippen molar-refractivity contribution in [1.29, 1.82) is 0 Å². The molecule has 2 heterocycles. The highest BCUT2D eigenvalue weighted by atomic mass is 16.7. The van der Waals surface area contributed by atoms with Crippen LogP contribution in [-0.4, -0.2) is 24.2 Å². The fourth-order valence-corrected chi connectivity index (χ4v) is 2.83. The molecule has 120 valence electrons. The summed E-state index contributed by atoms with van der Waals surface area (Å²) in [6, 6.07) is 5.78. The number of oxime groups is 1. The maximum absolute atomic E-state index is 11.2. The second-order valence-electron chi connectivity index (χ2n) is 5.85. The molecule has 0 amide bonds. The van der Waals surface area contributed by atoms with Gasteiger partial charge in [-0.25, -0.2) is 0 Å². The van der Waals surface area contributed by atoms with Gasteiger partial charge >= 0.3 is 0 Å². The predicted octanol–water partition coefficient (Wildman–Crippen LogP) is 3.15. The van der Waals surface area contributed by atoms with E-state index in [1.807, 2.05) is 37.3 Å². The number of methoxy groups -OCH3 is 1. The lowest BCUT2D eigenvalue weighted by atomic mass is 9.87. The van der Waals surface area contributed by atoms with Crippen LogP contribution in [0.1, 0.15) is 24.5 Å². The summed E-state index contributed by atoms with van der Waals surface area (Å²) in [5.41, 5.74) is 2.84. The second kappa shape index (κ2) is 5.59. The van der Waals surface area contributed by atoms with Crippen LogP contribution < -0.4 is 5.32 Å². The number of hydrogen-bond donors (Lipinski definition) is 2. The summed E-state index contributed by atoms with van der Waals surface area (Å²) in [5.74, 6) is 0.392. The largest absolute Gasteiger partial charge is 0.495 e. The molecule has 0 radical (unpaired) electrons. The van der Waals surface area contributed by atoms with Crippen molar-refractivity contribution in [2.45, 2.75) is 25.2 Å². The molecule has 0 aliphatic carbocycles. The van der Waals surface area contributed by atoms with E-state index >= 15 is 0 Å². The molecule has 0 fully saturated rings. The van der Waals surface area contributed by atoms with E-state index in [1.165, 1.54) is 7.11 Å². The van der Waals surface area contributed by atoms with Crippen LogP contribution in [0.25, 0.3) is 6.08 Å². The number of rotatable bonds is 4. The van der Waals surface area contributed by atoms with Crippen LogP contribution in [0.5, 0.6) is 0 Å². The van der Waals surface area contributed by atoms with Gasteiger partial charge in [-0.15, -0.1) is 0 Å². The Kier molecular flexibility index (Phi) is 3.74. The van der Waals surface area contributed by atoms with Gasteiger partial charge in [-0.2, -0.15) is 0 Å². The van der Waals surface area contributed by atoms with Crippen molar-refractivity contribution in [2.24, 2.45) is 5.16 Å². The minimum atomic E-state index is -1.21. The summed E-state index contributed by atoms with van der Waals surface area (Å²) in [6.45, 7) is 9.57. The number of fused-ring (bicyclic) bond motifs is 3. The fraction of sp³-hybridized carbons (Fsp3) is 0.278. The topological polar surface area (TPSA) is 63.1 Å². The third-order valence-electron chi connectivity index (χ3n) is 4.09. The van der Waals surface area contributed by atoms with Crippen LogP contribution >= 0.6 is 0 Å². The second-order valence-corrected chi connectivity index (χ2v) is 5.85. The van der Waals surface area contributed by atoms with E-state index in [9.17, 15) is 5.11 Å². The molecule has 0 saturated heterocycles. The Morgan fingerprint density at radius 2 is 2.30 bits per heavy atom. The zero-order valence-electron chi connectivity index (χ0n) is 13.3. The quantitative estimate of drug-likeness (QED) is 0.662. The Bertz CT molecular complexity index is 736. The number of ether oxygens (including phenoxy) is 1. The van der Waals surface area contributed by atoms with Crippen molar-refractivity contribution in [3.63, 3.8) is 0 Å². The normalized spacial score (nSPS) is 25.0. The van der Waals surface area contributed by atoms with Crippen molar-refractivity contribution in [2.75, 3.05) is 12.4 Å². The maximum Gasteiger partial charge on any atom is 0.231 e. The molecular formula is C18H20N2O3. The van der Waals surface area contributed by atoms with Crippen molar-refractivity contribution >= 4 is 17.5 Å². The fourth-order valence-electron chi connectivity index (χ4n) is 2.83. The third kappa shape index (κ3) is 2.53. The molecule has 1 aromatic carbocycles. The predicted molar refractivity (Wildman–Crippen MR) is 90.9 cm³/mol. The first-order valence-electron chi connectivity index (χ1n) is 7.37. The van der Waals surface area contributed by atoms with E-state index in [-0.39, 0.29) is 6.42 Å². The molecule has 2 aliphatic heterocycles. The van der Waals surface area contributed by atoms with E-state index in [4.69, 9.17) is 9.57 Å². The summed E-state index contributed by atoms with van der Waals surface area (Å²) >= 11 is 0. The van der Waals surface area contributed by atoms with Gasteiger partial charge in [0.1, 0.15) is 11.5 Å². The lowest BCUT2D eigenvalue weighted by Gasteiger charge is -2.32. The molecule has 0 bridgehead atoms. The average Bonchev–Trinajstić information content (AvgIpc) is 2.84. The maximum atomic E-state index is 11.2. The van der Waals surface area contributed by atoms with Crippen LogP contribution in [0.2, 0.25) is 0 Å². The van der Waals surface area contributed by atoms with Crippen molar-refractivity contribution < 1.29 is 14.7 Å². The highest BCUT2D eigenvalue weighted by Gasteiger charge is 2.51. The molecule has 5 nitrogen and oxygen atoms in total. The Labute approximate surface area is 135 Å². The molecule has 1 aromatic rings. The number of nitrogens with one attached hydrogen (secondary N) is 1. The highest BCUT2D eigenvalue weighted by molar-refractivity contribution is 5.99. The first-order valence-corrected chi connectivity index (χ1v) is 7.37. The first-order chi connectivity index (χ1) is 11.0. The number of anilines is 1. The Morgan fingerprint density at radius 1 is 1.52 bits per heavy atom. The Morgan fingerprint density at radius 3 is 3.00 bits per heavy atom. The summed E-state index contributed by atoms with van der Waals surface area (Å²) in [7, 11) is 1.52. The van der Waals surface area contributed by atoms with Gasteiger partial charge in [0.05, 0.1) is 12.8 Å². The average molecular weight is 312 g/mol. The van der Waals surface area contributed by atoms with Crippen LogP contribution in [0, 0.1) is 0 Å². The molecule has 3 rings (SSSR count). The number of nitrogens with zero attached hydrogens (tertiary/aromatic N) is 1. The number of allylic oxidation sites excluding steroid dienone is 3. The van der Waals surface area contributed by atoms with Gasteiger partial charge in [0, 0.05) is 12.0 Å². The minimum Gasteiger partial charge on any atom is -0.495 e. The van der Waals surface area contributed by atoms with Crippen LogP contribution in [0.15, 0.2) is 53.9 Å². The standard InChI is InChI=1S/C18H20N2O3/c1-11(2)8-9-13-6-5-7-14-16(13)19-17-18(14,21)10-15(20-23-17)12(3)22-4/h5-9,17,19,21H,1,3,10H2,2,4H3. The number of benzene rings is 1. The zero-order valence-corrected chi connectivity index (χ0v) is 13.3.